The van der Waals surface area contributed by atoms with Crippen LogP contribution in [0.25, 0.3) is 0 Å². The van der Waals surface area contributed by atoms with Crippen molar-refractivity contribution in [2.75, 3.05) is 33.3 Å². The van der Waals surface area contributed by atoms with Gasteiger partial charge in [0.1, 0.15) is 5.75 Å². The van der Waals surface area contributed by atoms with E-state index in [1.165, 1.54) is 4.90 Å². The van der Waals surface area contributed by atoms with E-state index in [9.17, 15) is 0 Å². The molecule has 0 atom stereocenters. The second kappa shape index (κ2) is 5.39. The second-order valence-electron chi connectivity index (χ2n) is 3.45. The molecule has 1 aromatic rings. The van der Waals surface area contributed by atoms with Crippen molar-refractivity contribution in [3.8, 4) is 5.75 Å². The average Bonchev–Trinajstić information content (AvgIpc) is 2.31. The smallest absolute Gasteiger partial charge is 0.120 e. The minimum atomic E-state index is 0.926. The lowest BCUT2D eigenvalue weighted by atomic mass is 10.3. The first kappa shape index (κ1) is 10.8. The Labute approximate surface area is 94.9 Å². The molecule has 0 amide bonds. The summed E-state index contributed by atoms with van der Waals surface area (Å²) in [5.41, 5.74) is 0. The Morgan fingerprint density at radius 3 is 2.87 bits per heavy atom. The molecule has 0 spiro atoms. The minimum absolute atomic E-state index is 0.926. The van der Waals surface area contributed by atoms with Gasteiger partial charge in [-0.2, -0.15) is 0 Å². The molecule has 1 heterocycles. The molecular weight excluding hydrogens is 208 g/mol. The first-order valence-electron chi connectivity index (χ1n) is 5.16. The van der Waals surface area contributed by atoms with Crippen LogP contribution in [0.1, 0.15) is 0 Å². The third-order valence-electron chi connectivity index (χ3n) is 2.35. The summed E-state index contributed by atoms with van der Waals surface area (Å²) >= 11 is 1.81. The SMILES string of the molecule is COc1cccc(SN2CCNCC2)c1. The van der Waals surface area contributed by atoms with Gasteiger partial charge in [0.2, 0.25) is 0 Å². The van der Waals surface area contributed by atoms with E-state index in [0.717, 1.165) is 31.9 Å². The summed E-state index contributed by atoms with van der Waals surface area (Å²) < 4.78 is 7.58. The second-order valence-corrected chi connectivity index (χ2v) is 4.62. The van der Waals surface area contributed by atoms with E-state index in [4.69, 9.17) is 4.74 Å². The lowest BCUT2D eigenvalue weighted by Gasteiger charge is -2.25. The number of methoxy groups -OCH3 is 1. The lowest BCUT2D eigenvalue weighted by Crippen LogP contribution is -2.39. The van der Waals surface area contributed by atoms with Gasteiger partial charge in [0, 0.05) is 31.1 Å². The van der Waals surface area contributed by atoms with Crippen LogP contribution < -0.4 is 10.1 Å². The van der Waals surface area contributed by atoms with E-state index in [1.807, 2.05) is 24.1 Å². The van der Waals surface area contributed by atoms with Crippen molar-refractivity contribution in [2.45, 2.75) is 4.90 Å². The van der Waals surface area contributed by atoms with Gasteiger partial charge in [-0.15, -0.1) is 0 Å². The number of hydrogen-bond acceptors (Lipinski definition) is 4. The van der Waals surface area contributed by atoms with Gasteiger partial charge in [0.05, 0.1) is 7.11 Å². The Kier molecular flexibility index (Phi) is 3.88. The number of benzene rings is 1. The molecule has 1 N–H and O–H groups in total. The van der Waals surface area contributed by atoms with Gasteiger partial charge < -0.3 is 10.1 Å². The largest absolute Gasteiger partial charge is 0.497 e. The van der Waals surface area contributed by atoms with E-state index in [-0.39, 0.29) is 0 Å². The van der Waals surface area contributed by atoms with E-state index >= 15 is 0 Å². The Bertz CT molecular complexity index is 313. The molecular formula is C11H16N2OS. The summed E-state index contributed by atoms with van der Waals surface area (Å²) in [7, 11) is 1.70. The number of hydrogen-bond donors (Lipinski definition) is 1. The number of nitrogens with zero attached hydrogens (tertiary/aromatic N) is 1. The predicted octanol–water partition coefficient (Wildman–Crippen LogP) is 1.61. The molecule has 0 bridgehead atoms. The van der Waals surface area contributed by atoms with E-state index < -0.39 is 0 Å². The molecule has 3 nitrogen and oxygen atoms in total. The molecule has 0 aromatic heterocycles. The van der Waals surface area contributed by atoms with Crippen molar-refractivity contribution in [3.05, 3.63) is 24.3 Å². The molecule has 1 aliphatic heterocycles. The van der Waals surface area contributed by atoms with Crippen LogP contribution in [0.4, 0.5) is 0 Å². The third-order valence-corrected chi connectivity index (χ3v) is 3.44. The van der Waals surface area contributed by atoms with E-state index in [2.05, 4.69) is 21.8 Å². The van der Waals surface area contributed by atoms with Crippen LogP contribution in [-0.2, 0) is 0 Å². The molecule has 1 aromatic carbocycles. The number of rotatable bonds is 3. The van der Waals surface area contributed by atoms with E-state index in [1.54, 1.807) is 7.11 Å². The molecule has 0 aliphatic carbocycles. The molecule has 1 saturated heterocycles. The van der Waals surface area contributed by atoms with Crippen LogP contribution in [0.15, 0.2) is 29.2 Å². The first-order chi connectivity index (χ1) is 7.38. The molecule has 0 radical (unpaired) electrons. The van der Waals surface area contributed by atoms with Crippen molar-refractivity contribution in [1.82, 2.24) is 9.62 Å². The maximum Gasteiger partial charge on any atom is 0.120 e. The highest BCUT2D eigenvalue weighted by atomic mass is 32.2. The molecule has 82 valence electrons. The van der Waals surface area contributed by atoms with Crippen molar-refractivity contribution in [2.24, 2.45) is 0 Å². The zero-order chi connectivity index (χ0) is 10.5. The number of piperazine rings is 1. The summed E-state index contributed by atoms with van der Waals surface area (Å²) in [5, 5.41) is 3.34. The minimum Gasteiger partial charge on any atom is -0.497 e. The fourth-order valence-electron chi connectivity index (χ4n) is 1.54. The van der Waals surface area contributed by atoms with Crippen molar-refractivity contribution in [3.63, 3.8) is 0 Å². The molecule has 0 saturated carbocycles. The standard InChI is InChI=1S/C11H16N2OS/c1-14-10-3-2-4-11(9-10)15-13-7-5-12-6-8-13/h2-4,9,12H,5-8H2,1H3. The van der Waals surface area contributed by atoms with Crippen LogP contribution in [-0.4, -0.2) is 37.6 Å². The zero-order valence-corrected chi connectivity index (χ0v) is 9.72. The highest BCUT2D eigenvalue weighted by Gasteiger charge is 2.10. The van der Waals surface area contributed by atoms with Crippen LogP contribution >= 0.6 is 11.9 Å². The third kappa shape index (κ3) is 3.12. The molecule has 4 heteroatoms. The zero-order valence-electron chi connectivity index (χ0n) is 8.90. The number of nitrogens with one attached hydrogen (secondary N) is 1. The molecule has 1 fully saturated rings. The molecule has 0 unspecified atom stereocenters. The summed E-state index contributed by atoms with van der Waals surface area (Å²) in [6.07, 6.45) is 0. The van der Waals surface area contributed by atoms with Crippen molar-refractivity contribution < 1.29 is 4.74 Å². The van der Waals surface area contributed by atoms with Gasteiger partial charge in [-0.1, -0.05) is 6.07 Å². The Morgan fingerprint density at radius 2 is 2.13 bits per heavy atom. The van der Waals surface area contributed by atoms with Gasteiger partial charge in [-0.3, -0.25) is 0 Å². The highest BCUT2D eigenvalue weighted by molar-refractivity contribution is 7.97. The predicted molar refractivity (Wildman–Crippen MR) is 63.3 cm³/mol. The summed E-state index contributed by atoms with van der Waals surface area (Å²) in [5.74, 6) is 0.926. The van der Waals surface area contributed by atoms with Crippen LogP contribution in [0.2, 0.25) is 0 Å². The Morgan fingerprint density at radius 1 is 1.33 bits per heavy atom. The summed E-state index contributed by atoms with van der Waals surface area (Å²) in [4.78, 5) is 1.25. The topological polar surface area (TPSA) is 24.5 Å². The normalized spacial score (nSPS) is 17.7. The van der Waals surface area contributed by atoms with Crippen LogP contribution in [0.3, 0.4) is 0 Å². The number of ether oxygens (including phenoxy) is 1. The fourth-order valence-corrected chi connectivity index (χ4v) is 2.51. The van der Waals surface area contributed by atoms with Gasteiger partial charge in [0.25, 0.3) is 0 Å². The summed E-state index contributed by atoms with van der Waals surface area (Å²) in [6.45, 7) is 4.36. The van der Waals surface area contributed by atoms with Gasteiger partial charge in [0.15, 0.2) is 0 Å². The van der Waals surface area contributed by atoms with Crippen molar-refractivity contribution in [1.29, 1.82) is 0 Å². The maximum atomic E-state index is 5.20. The Hall–Kier alpha value is -0.710. The molecule has 2 rings (SSSR count). The fraction of sp³-hybridized carbons (Fsp3) is 0.455. The monoisotopic (exact) mass is 224 g/mol. The lowest BCUT2D eigenvalue weighted by molar-refractivity contribution is 0.395. The average molecular weight is 224 g/mol. The maximum absolute atomic E-state index is 5.20. The van der Waals surface area contributed by atoms with Gasteiger partial charge in [-0.05, 0) is 30.1 Å². The van der Waals surface area contributed by atoms with Gasteiger partial charge >= 0.3 is 0 Å². The highest BCUT2D eigenvalue weighted by Crippen LogP contribution is 2.25. The van der Waals surface area contributed by atoms with E-state index in [0.29, 0.717) is 0 Å². The summed E-state index contributed by atoms with van der Waals surface area (Å²) in [6, 6.07) is 8.20. The van der Waals surface area contributed by atoms with Crippen molar-refractivity contribution >= 4 is 11.9 Å². The molecule has 1 aliphatic rings. The first-order valence-corrected chi connectivity index (χ1v) is 5.93. The quantitative estimate of drug-likeness (QED) is 0.788. The van der Waals surface area contributed by atoms with Crippen LogP contribution in [0, 0.1) is 0 Å². The van der Waals surface area contributed by atoms with Gasteiger partial charge in [-0.25, -0.2) is 4.31 Å². The molecule has 15 heavy (non-hydrogen) atoms. The van der Waals surface area contributed by atoms with Crippen LogP contribution in [0.5, 0.6) is 5.75 Å². The Balaban J connectivity index is 1.96.